The van der Waals surface area contributed by atoms with Gasteiger partial charge < -0.3 is 9.67 Å². The van der Waals surface area contributed by atoms with Crippen LogP contribution in [0, 0.1) is 0 Å². The van der Waals surface area contributed by atoms with Gasteiger partial charge in [-0.05, 0) is 30.2 Å². The lowest BCUT2D eigenvalue weighted by atomic mass is 10.1. The van der Waals surface area contributed by atoms with Crippen LogP contribution in [0.5, 0.6) is 0 Å². The molecule has 1 aliphatic heterocycles. The van der Waals surface area contributed by atoms with Crippen molar-refractivity contribution in [1.82, 2.24) is 4.57 Å². The fraction of sp³-hybridized carbons (Fsp3) is 0.231. The van der Waals surface area contributed by atoms with Gasteiger partial charge in [0.05, 0.1) is 0 Å². The summed E-state index contributed by atoms with van der Waals surface area (Å²) in [5, 5.41) is 10.4. The number of thioether (sulfide) groups is 1. The first-order valence-corrected chi connectivity index (χ1v) is 7.14. The molecule has 6 heteroatoms. The predicted octanol–water partition coefficient (Wildman–Crippen LogP) is 2.81. The number of hydrogen-bond donors (Lipinski definition) is 1. The zero-order valence-electron chi connectivity index (χ0n) is 9.85. The molecular formula is C13H10ClNO3S. The Hall–Kier alpha value is -1.46. The Labute approximate surface area is 118 Å². The second-order valence-corrected chi connectivity index (χ2v) is 5.86. The van der Waals surface area contributed by atoms with Gasteiger partial charge in [-0.2, -0.15) is 0 Å². The Morgan fingerprint density at radius 1 is 1.47 bits per heavy atom. The fourth-order valence-electron chi connectivity index (χ4n) is 2.50. The van der Waals surface area contributed by atoms with Gasteiger partial charge in [-0.3, -0.25) is 9.59 Å². The number of benzene rings is 1. The molecule has 0 atom stereocenters. The van der Waals surface area contributed by atoms with Gasteiger partial charge in [0.1, 0.15) is 12.2 Å². The van der Waals surface area contributed by atoms with Crippen LogP contribution in [0.1, 0.15) is 16.1 Å². The largest absolute Gasteiger partial charge is 0.480 e. The number of aryl methyl sites for hydroxylation is 1. The van der Waals surface area contributed by atoms with E-state index in [1.165, 1.54) is 11.8 Å². The molecule has 0 fully saturated rings. The van der Waals surface area contributed by atoms with Crippen molar-refractivity contribution in [3.05, 3.63) is 34.5 Å². The molecule has 3 rings (SSSR count). The molecule has 0 amide bonds. The number of carboxylic acids is 1. The second kappa shape index (κ2) is 4.58. The molecule has 1 aromatic carbocycles. The highest BCUT2D eigenvalue weighted by Gasteiger charge is 2.27. The van der Waals surface area contributed by atoms with E-state index in [0.717, 1.165) is 28.6 Å². The molecule has 1 N–H and O–H groups in total. The van der Waals surface area contributed by atoms with Gasteiger partial charge in [0.25, 0.3) is 0 Å². The molecule has 4 nitrogen and oxygen atoms in total. The van der Waals surface area contributed by atoms with Crippen LogP contribution in [-0.4, -0.2) is 26.5 Å². The van der Waals surface area contributed by atoms with Gasteiger partial charge in [-0.15, -0.1) is 0 Å². The Kier molecular flexibility index (Phi) is 3.03. The number of fused-ring (bicyclic) bond motifs is 3. The summed E-state index contributed by atoms with van der Waals surface area (Å²) in [4.78, 5) is 23.1. The summed E-state index contributed by atoms with van der Waals surface area (Å²) in [7, 11) is 0. The highest BCUT2D eigenvalue weighted by Crippen LogP contribution is 2.35. The van der Waals surface area contributed by atoms with Crippen LogP contribution in [0.25, 0.3) is 10.9 Å². The molecule has 1 aliphatic rings. The molecule has 0 saturated carbocycles. The quantitative estimate of drug-likeness (QED) is 0.925. The zero-order chi connectivity index (χ0) is 13.6. The maximum absolute atomic E-state index is 12.1. The molecule has 2 aromatic rings. The van der Waals surface area contributed by atoms with Crippen LogP contribution in [0.3, 0.4) is 0 Å². The summed E-state index contributed by atoms with van der Waals surface area (Å²) in [6.45, 7) is -0.209. The van der Waals surface area contributed by atoms with Gasteiger partial charge >= 0.3 is 5.97 Å². The van der Waals surface area contributed by atoms with Gasteiger partial charge in [-0.25, -0.2) is 0 Å². The number of rotatable bonds is 2. The standard InChI is InChI=1S/C13H10ClNO3S/c14-7-1-2-10-9(5-7)8-3-4-19-13(18)12(8)15(10)6-11(16)17/h1-2,5H,3-4,6H2,(H,16,17). The SMILES string of the molecule is O=C(O)Cn1c2c(c3cc(Cl)ccc31)CCSC2=O. The predicted molar refractivity (Wildman–Crippen MR) is 75.1 cm³/mol. The van der Waals surface area contributed by atoms with E-state index in [4.69, 9.17) is 16.7 Å². The van der Waals surface area contributed by atoms with Crippen LogP contribution in [0.2, 0.25) is 5.02 Å². The number of carbonyl (C=O) groups is 2. The van der Waals surface area contributed by atoms with Gasteiger partial charge in [-0.1, -0.05) is 23.4 Å². The van der Waals surface area contributed by atoms with Crippen molar-refractivity contribution in [2.45, 2.75) is 13.0 Å². The normalized spacial score (nSPS) is 14.7. The third-order valence-electron chi connectivity index (χ3n) is 3.20. The van der Waals surface area contributed by atoms with Crippen LogP contribution in [0.15, 0.2) is 18.2 Å². The van der Waals surface area contributed by atoms with Crippen LogP contribution in [0.4, 0.5) is 0 Å². The van der Waals surface area contributed by atoms with Crippen LogP contribution >= 0.6 is 23.4 Å². The van der Waals surface area contributed by atoms with Crippen molar-refractivity contribution in [2.75, 3.05) is 5.75 Å². The van der Waals surface area contributed by atoms with Crippen LogP contribution < -0.4 is 0 Å². The Morgan fingerprint density at radius 3 is 3.00 bits per heavy atom. The third kappa shape index (κ3) is 2.03. The van der Waals surface area contributed by atoms with Crippen molar-refractivity contribution >= 4 is 45.4 Å². The van der Waals surface area contributed by atoms with E-state index in [0.29, 0.717) is 10.7 Å². The Balaban J connectivity index is 2.35. The molecule has 0 aliphatic carbocycles. The maximum Gasteiger partial charge on any atom is 0.323 e. The minimum absolute atomic E-state index is 0.0603. The van der Waals surface area contributed by atoms with Gasteiger partial charge in [0.15, 0.2) is 0 Å². The average Bonchev–Trinajstić information content (AvgIpc) is 2.64. The van der Waals surface area contributed by atoms with E-state index in [9.17, 15) is 9.59 Å². The van der Waals surface area contributed by atoms with Gasteiger partial charge in [0, 0.05) is 21.7 Å². The monoisotopic (exact) mass is 295 g/mol. The highest BCUT2D eigenvalue weighted by atomic mass is 35.5. The number of halogens is 1. The Morgan fingerprint density at radius 2 is 2.26 bits per heavy atom. The first-order valence-electron chi connectivity index (χ1n) is 5.77. The van der Waals surface area contributed by atoms with Crippen molar-refractivity contribution < 1.29 is 14.7 Å². The summed E-state index contributed by atoms with van der Waals surface area (Å²) < 4.78 is 1.58. The summed E-state index contributed by atoms with van der Waals surface area (Å²) in [5.74, 6) is -0.233. The molecule has 0 unspecified atom stereocenters. The molecule has 98 valence electrons. The minimum atomic E-state index is -0.960. The lowest BCUT2D eigenvalue weighted by Gasteiger charge is -2.12. The van der Waals surface area contributed by atoms with Crippen molar-refractivity contribution in [2.24, 2.45) is 0 Å². The maximum atomic E-state index is 12.1. The van der Waals surface area contributed by atoms with Crippen LogP contribution in [-0.2, 0) is 17.8 Å². The lowest BCUT2D eigenvalue weighted by molar-refractivity contribution is -0.137. The second-order valence-electron chi connectivity index (χ2n) is 4.35. The molecule has 0 radical (unpaired) electrons. The zero-order valence-corrected chi connectivity index (χ0v) is 11.4. The summed E-state index contributed by atoms with van der Waals surface area (Å²) in [6, 6.07) is 5.29. The first-order chi connectivity index (χ1) is 9.08. The summed E-state index contributed by atoms with van der Waals surface area (Å²) in [5.41, 5.74) is 2.19. The summed E-state index contributed by atoms with van der Waals surface area (Å²) >= 11 is 7.23. The Bertz CT molecular complexity index is 707. The highest BCUT2D eigenvalue weighted by molar-refractivity contribution is 8.14. The van der Waals surface area contributed by atoms with E-state index in [-0.39, 0.29) is 11.7 Å². The lowest BCUT2D eigenvalue weighted by Crippen LogP contribution is -2.17. The fourth-order valence-corrected chi connectivity index (χ4v) is 3.53. The van der Waals surface area contributed by atoms with E-state index in [1.807, 2.05) is 0 Å². The number of aliphatic carboxylic acids is 1. The van der Waals surface area contributed by atoms with E-state index < -0.39 is 5.97 Å². The molecule has 0 bridgehead atoms. The molecular weight excluding hydrogens is 286 g/mol. The number of hydrogen-bond acceptors (Lipinski definition) is 3. The molecule has 0 saturated heterocycles. The third-order valence-corrected chi connectivity index (χ3v) is 4.30. The number of carboxylic acid groups (broad SMARTS) is 1. The summed E-state index contributed by atoms with van der Waals surface area (Å²) in [6.07, 6.45) is 0.759. The van der Waals surface area contributed by atoms with E-state index in [2.05, 4.69) is 0 Å². The molecule has 19 heavy (non-hydrogen) atoms. The average molecular weight is 296 g/mol. The number of aromatic nitrogens is 1. The number of nitrogens with zero attached hydrogens (tertiary/aromatic N) is 1. The molecule has 2 heterocycles. The van der Waals surface area contributed by atoms with Gasteiger partial charge in [0.2, 0.25) is 5.12 Å². The van der Waals surface area contributed by atoms with Crippen molar-refractivity contribution in [3.63, 3.8) is 0 Å². The first kappa shape index (κ1) is 12.6. The number of carbonyl (C=O) groups excluding carboxylic acids is 1. The smallest absolute Gasteiger partial charge is 0.323 e. The van der Waals surface area contributed by atoms with E-state index in [1.54, 1.807) is 22.8 Å². The van der Waals surface area contributed by atoms with Crippen molar-refractivity contribution in [3.8, 4) is 0 Å². The van der Waals surface area contributed by atoms with Crippen molar-refractivity contribution in [1.29, 1.82) is 0 Å². The van der Waals surface area contributed by atoms with E-state index >= 15 is 0 Å². The molecule has 1 aromatic heterocycles. The minimum Gasteiger partial charge on any atom is -0.480 e. The topological polar surface area (TPSA) is 59.3 Å². The molecule has 0 spiro atoms.